The number of nitrogens with one attached hydrogen (secondary N) is 2. The zero-order valence-corrected chi connectivity index (χ0v) is 11.2. The molecule has 1 aromatic rings. The van der Waals surface area contributed by atoms with E-state index in [2.05, 4.69) is 29.1 Å². The highest BCUT2D eigenvalue weighted by atomic mass is 16.5. The Labute approximate surface area is 107 Å². The van der Waals surface area contributed by atoms with Crippen molar-refractivity contribution in [1.82, 2.24) is 9.97 Å². The van der Waals surface area contributed by atoms with Gasteiger partial charge in [0.1, 0.15) is 0 Å². The van der Waals surface area contributed by atoms with E-state index < -0.39 is 0 Å². The first-order chi connectivity index (χ1) is 8.50. The van der Waals surface area contributed by atoms with Crippen molar-refractivity contribution < 1.29 is 4.74 Å². The van der Waals surface area contributed by atoms with E-state index in [1.54, 1.807) is 0 Å². The smallest absolute Gasteiger partial charge is 0.295 e. The molecule has 1 heterocycles. The van der Waals surface area contributed by atoms with Crippen LogP contribution < -0.4 is 21.3 Å². The molecule has 102 valence electrons. The number of nitrogens with two attached hydrogens (primary N) is 1. The van der Waals surface area contributed by atoms with Crippen molar-refractivity contribution in [2.75, 3.05) is 25.5 Å². The van der Waals surface area contributed by atoms with E-state index in [1.165, 1.54) is 13.4 Å². The third-order valence-corrected chi connectivity index (χ3v) is 2.81. The summed E-state index contributed by atoms with van der Waals surface area (Å²) in [7, 11) is 1.46. The third kappa shape index (κ3) is 4.03. The van der Waals surface area contributed by atoms with E-state index in [0.717, 1.165) is 12.8 Å². The molecular formula is C12H22N4O2. The zero-order valence-electron chi connectivity index (χ0n) is 11.2. The zero-order chi connectivity index (χ0) is 13.6. The average molecular weight is 254 g/mol. The molecule has 6 heteroatoms. The fraction of sp³-hybridized carbons (Fsp3) is 0.667. The van der Waals surface area contributed by atoms with Crippen LogP contribution in [0, 0.1) is 5.41 Å². The molecule has 0 saturated heterocycles. The minimum Gasteiger partial charge on any atom is -0.489 e. The monoisotopic (exact) mass is 254 g/mol. The van der Waals surface area contributed by atoms with Gasteiger partial charge in [-0.3, -0.25) is 4.79 Å². The Morgan fingerprint density at radius 1 is 1.56 bits per heavy atom. The highest BCUT2D eigenvalue weighted by molar-refractivity contribution is 5.47. The predicted octanol–water partition coefficient (Wildman–Crippen LogP) is 0.955. The topological polar surface area (TPSA) is 93.0 Å². The molecule has 4 N–H and O–H groups in total. The lowest BCUT2D eigenvalue weighted by molar-refractivity contribution is 0.348. The SMILES string of the molecule is COc1c(NCC(C)(C)CCCN)nc[nH]c1=O. The van der Waals surface area contributed by atoms with Gasteiger partial charge < -0.3 is 20.8 Å². The first-order valence-electron chi connectivity index (χ1n) is 6.06. The fourth-order valence-electron chi connectivity index (χ4n) is 1.69. The highest BCUT2D eigenvalue weighted by Crippen LogP contribution is 2.24. The van der Waals surface area contributed by atoms with E-state index in [4.69, 9.17) is 10.5 Å². The second-order valence-electron chi connectivity index (χ2n) is 5.02. The molecule has 0 atom stereocenters. The van der Waals surface area contributed by atoms with Gasteiger partial charge in [-0.1, -0.05) is 13.8 Å². The number of ether oxygens (including phenoxy) is 1. The maximum absolute atomic E-state index is 11.5. The molecular weight excluding hydrogens is 232 g/mol. The molecule has 0 bridgehead atoms. The molecule has 0 spiro atoms. The minimum atomic E-state index is -0.283. The largest absolute Gasteiger partial charge is 0.489 e. The average Bonchev–Trinajstić information content (AvgIpc) is 2.34. The summed E-state index contributed by atoms with van der Waals surface area (Å²) < 4.78 is 5.03. The number of methoxy groups -OCH3 is 1. The van der Waals surface area contributed by atoms with Crippen LogP contribution in [0.3, 0.4) is 0 Å². The summed E-state index contributed by atoms with van der Waals surface area (Å²) in [6, 6.07) is 0. The number of hydrogen-bond acceptors (Lipinski definition) is 5. The Balaban J connectivity index is 2.68. The van der Waals surface area contributed by atoms with Crippen LogP contribution in [0.1, 0.15) is 26.7 Å². The normalized spacial score (nSPS) is 11.3. The molecule has 6 nitrogen and oxygen atoms in total. The van der Waals surface area contributed by atoms with Crippen LogP contribution in [-0.2, 0) is 0 Å². The van der Waals surface area contributed by atoms with Crippen LogP contribution in [0.4, 0.5) is 5.82 Å². The quantitative estimate of drug-likeness (QED) is 0.674. The van der Waals surface area contributed by atoms with Crippen molar-refractivity contribution in [2.24, 2.45) is 11.1 Å². The Bertz CT molecular complexity index is 428. The van der Waals surface area contributed by atoms with Crippen molar-refractivity contribution in [3.05, 3.63) is 16.7 Å². The Morgan fingerprint density at radius 2 is 2.28 bits per heavy atom. The Kier molecular flexibility index (Phi) is 5.15. The number of anilines is 1. The molecule has 0 radical (unpaired) electrons. The summed E-state index contributed by atoms with van der Waals surface area (Å²) in [5.74, 6) is 0.689. The third-order valence-electron chi connectivity index (χ3n) is 2.81. The lowest BCUT2D eigenvalue weighted by Gasteiger charge is -2.25. The minimum absolute atomic E-state index is 0.0919. The van der Waals surface area contributed by atoms with Gasteiger partial charge in [0.25, 0.3) is 5.56 Å². The summed E-state index contributed by atoms with van der Waals surface area (Å²) in [5, 5.41) is 3.16. The summed E-state index contributed by atoms with van der Waals surface area (Å²) in [6.07, 6.45) is 3.36. The van der Waals surface area contributed by atoms with Crippen molar-refractivity contribution in [1.29, 1.82) is 0 Å². The maximum atomic E-state index is 11.5. The highest BCUT2D eigenvalue weighted by Gasteiger charge is 2.18. The Hall–Kier alpha value is -1.56. The van der Waals surface area contributed by atoms with Crippen LogP contribution in [0.2, 0.25) is 0 Å². The lowest BCUT2D eigenvalue weighted by Crippen LogP contribution is -2.25. The van der Waals surface area contributed by atoms with E-state index in [0.29, 0.717) is 18.9 Å². The lowest BCUT2D eigenvalue weighted by atomic mass is 9.88. The first kappa shape index (κ1) is 14.5. The van der Waals surface area contributed by atoms with Crippen molar-refractivity contribution >= 4 is 5.82 Å². The van der Waals surface area contributed by atoms with Crippen LogP contribution in [0.15, 0.2) is 11.1 Å². The van der Waals surface area contributed by atoms with Crippen LogP contribution in [-0.4, -0.2) is 30.2 Å². The van der Waals surface area contributed by atoms with Crippen LogP contribution in [0.5, 0.6) is 5.75 Å². The van der Waals surface area contributed by atoms with Gasteiger partial charge in [-0.25, -0.2) is 4.98 Å². The maximum Gasteiger partial charge on any atom is 0.295 e. The first-order valence-corrected chi connectivity index (χ1v) is 6.06. The van der Waals surface area contributed by atoms with E-state index in [9.17, 15) is 4.79 Å². The number of nitrogens with zero attached hydrogens (tertiary/aromatic N) is 1. The molecule has 1 rings (SSSR count). The van der Waals surface area contributed by atoms with Gasteiger partial charge in [-0.2, -0.15) is 0 Å². The van der Waals surface area contributed by atoms with E-state index >= 15 is 0 Å². The number of hydrogen-bond donors (Lipinski definition) is 3. The molecule has 0 aliphatic carbocycles. The molecule has 1 aromatic heterocycles. The summed E-state index contributed by atoms with van der Waals surface area (Å²) in [5.41, 5.74) is 5.32. The second kappa shape index (κ2) is 6.39. The molecule has 0 unspecified atom stereocenters. The van der Waals surface area contributed by atoms with Gasteiger partial charge >= 0.3 is 0 Å². The van der Waals surface area contributed by atoms with E-state index in [1.807, 2.05) is 0 Å². The number of aromatic amines is 1. The number of rotatable bonds is 7. The molecule has 18 heavy (non-hydrogen) atoms. The van der Waals surface area contributed by atoms with Gasteiger partial charge in [-0.05, 0) is 24.8 Å². The molecule has 0 aliphatic heterocycles. The van der Waals surface area contributed by atoms with Crippen LogP contribution >= 0.6 is 0 Å². The summed E-state index contributed by atoms with van der Waals surface area (Å²) in [6.45, 7) is 5.69. The van der Waals surface area contributed by atoms with Gasteiger partial charge in [0.05, 0.1) is 13.4 Å². The van der Waals surface area contributed by atoms with Crippen LogP contribution in [0.25, 0.3) is 0 Å². The summed E-state index contributed by atoms with van der Waals surface area (Å²) in [4.78, 5) is 18.0. The molecule has 0 aliphatic rings. The van der Waals surface area contributed by atoms with Crippen molar-refractivity contribution in [3.8, 4) is 5.75 Å². The number of aromatic nitrogens is 2. The standard InChI is InChI=1S/C12H22N4O2/c1-12(2,5-4-6-13)7-14-10-9(18-3)11(17)16-8-15-10/h8H,4-7,13H2,1-3H3,(H2,14,15,16,17). The van der Waals surface area contributed by atoms with Gasteiger partial charge in [0.15, 0.2) is 5.82 Å². The van der Waals surface area contributed by atoms with Crippen molar-refractivity contribution in [2.45, 2.75) is 26.7 Å². The summed E-state index contributed by atoms with van der Waals surface area (Å²) >= 11 is 0. The molecule has 0 saturated carbocycles. The van der Waals surface area contributed by atoms with Gasteiger partial charge in [-0.15, -0.1) is 0 Å². The van der Waals surface area contributed by atoms with Crippen molar-refractivity contribution in [3.63, 3.8) is 0 Å². The van der Waals surface area contributed by atoms with Gasteiger partial charge in [0, 0.05) is 6.54 Å². The molecule has 0 fully saturated rings. The van der Waals surface area contributed by atoms with Gasteiger partial charge in [0.2, 0.25) is 5.75 Å². The number of H-pyrrole nitrogens is 1. The fourth-order valence-corrected chi connectivity index (χ4v) is 1.69. The van der Waals surface area contributed by atoms with E-state index in [-0.39, 0.29) is 16.7 Å². The molecule has 0 amide bonds. The predicted molar refractivity (Wildman–Crippen MR) is 72.0 cm³/mol. The Morgan fingerprint density at radius 3 is 2.89 bits per heavy atom. The second-order valence-corrected chi connectivity index (χ2v) is 5.02. The molecule has 0 aromatic carbocycles.